The van der Waals surface area contributed by atoms with Gasteiger partial charge in [0.15, 0.2) is 0 Å². The predicted molar refractivity (Wildman–Crippen MR) is 84.9 cm³/mol. The van der Waals surface area contributed by atoms with Crippen LogP contribution in [0, 0.1) is 6.92 Å². The van der Waals surface area contributed by atoms with Gasteiger partial charge in [-0.15, -0.1) is 0 Å². The normalized spacial score (nSPS) is 27.9. The summed E-state index contributed by atoms with van der Waals surface area (Å²) in [5, 5.41) is 10.3. The maximum Gasteiger partial charge on any atom is 0.253 e. The first-order valence-electron chi connectivity index (χ1n) is 8.12. The number of aryl methyl sites for hydroxylation is 1. The number of benzene rings is 1. The lowest BCUT2D eigenvalue weighted by atomic mass is 9.78. The summed E-state index contributed by atoms with van der Waals surface area (Å²) in [5.74, 6) is 0.0948. The van der Waals surface area contributed by atoms with Crippen LogP contribution in [0.1, 0.15) is 48.5 Å². The van der Waals surface area contributed by atoms with Gasteiger partial charge < -0.3 is 14.7 Å². The van der Waals surface area contributed by atoms with Gasteiger partial charge in [0, 0.05) is 25.1 Å². The third-order valence-electron chi connectivity index (χ3n) is 5.01. The number of hydrogen-bond acceptors (Lipinski definition) is 3. The fourth-order valence-corrected chi connectivity index (χ4v) is 3.64. The van der Waals surface area contributed by atoms with E-state index in [9.17, 15) is 9.90 Å². The summed E-state index contributed by atoms with van der Waals surface area (Å²) in [6, 6.07) is 7.73. The molecule has 1 amide bonds. The van der Waals surface area contributed by atoms with Crippen LogP contribution >= 0.6 is 0 Å². The molecule has 120 valence electrons. The molecule has 2 aliphatic heterocycles. The second-order valence-corrected chi connectivity index (χ2v) is 7.11. The van der Waals surface area contributed by atoms with Gasteiger partial charge in [-0.2, -0.15) is 0 Å². The molecule has 2 saturated heterocycles. The lowest BCUT2D eigenvalue weighted by molar-refractivity contribution is -0.170. The summed E-state index contributed by atoms with van der Waals surface area (Å²) in [7, 11) is 0. The van der Waals surface area contributed by atoms with E-state index in [-0.39, 0.29) is 11.5 Å². The van der Waals surface area contributed by atoms with Crippen molar-refractivity contribution in [1.82, 2.24) is 4.90 Å². The maximum atomic E-state index is 12.5. The third-order valence-corrected chi connectivity index (χ3v) is 5.01. The Kier molecular flexibility index (Phi) is 4.00. The van der Waals surface area contributed by atoms with Gasteiger partial charge in [-0.25, -0.2) is 0 Å². The fraction of sp³-hybridized carbons (Fsp3) is 0.611. The van der Waals surface area contributed by atoms with Crippen LogP contribution in [0.25, 0.3) is 0 Å². The van der Waals surface area contributed by atoms with E-state index in [1.807, 2.05) is 43.0 Å². The Hall–Kier alpha value is -1.39. The van der Waals surface area contributed by atoms with Crippen LogP contribution < -0.4 is 0 Å². The summed E-state index contributed by atoms with van der Waals surface area (Å²) in [4.78, 5) is 14.5. The molecule has 1 spiro atoms. The molecule has 22 heavy (non-hydrogen) atoms. The first-order valence-corrected chi connectivity index (χ1v) is 8.12. The molecule has 4 nitrogen and oxygen atoms in total. The van der Waals surface area contributed by atoms with Gasteiger partial charge in [0.2, 0.25) is 0 Å². The van der Waals surface area contributed by atoms with Gasteiger partial charge in [-0.1, -0.05) is 17.7 Å². The smallest absolute Gasteiger partial charge is 0.253 e. The van der Waals surface area contributed by atoms with E-state index in [0.29, 0.717) is 32.5 Å². The molecule has 1 aromatic carbocycles. The van der Waals surface area contributed by atoms with Crippen LogP contribution in [0.2, 0.25) is 0 Å². The number of rotatable bonds is 1. The molecule has 1 unspecified atom stereocenters. The second-order valence-electron chi connectivity index (χ2n) is 7.11. The van der Waals surface area contributed by atoms with Crippen LogP contribution in [0.3, 0.4) is 0 Å². The topological polar surface area (TPSA) is 49.8 Å². The number of ether oxygens (including phenoxy) is 1. The molecule has 2 fully saturated rings. The van der Waals surface area contributed by atoms with Crippen molar-refractivity contribution in [1.29, 1.82) is 0 Å². The Labute approximate surface area is 132 Å². The lowest BCUT2D eigenvalue weighted by Crippen LogP contribution is -2.54. The Morgan fingerprint density at radius 3 is 2.41 bits per heavy atom. The number of nitrogens with zero attached hydrogens (tertiary/aromatic N) is 1. The van der Waals surface area contributed by atoms with Crippen LogP contribution in [-0.4, -0.2) is 46.8 Å². The lowest BCUT2D eigenvalue weighted by Gasteiger charge is -2.48. The Morgan fingerprint density at radius 2 is 1.82 bits per heavy atom. The number of piperidine rings is 1. The Balaban J connectivity index is 1.64. The highest BCUT2D eigenvalue weighted by Gasteiger charge is 2.44. The second kappa shape index (κ2) is 5.67. The molecule has 0 aliphatic carbocycles. The molecule has 4 heteroatoms. The van der Waals surface area contributed by atoms with Crippen molar-refractivity contribution in [2.45, 2.75) is 50.7 Å². The monoisotopic (exact) mass is 303 g/mol. The summed E-state index contributed by atoms with van der Waals surface area (Å²) < 4.78 is 5.99. The van der Waals surface area contributed by atoms with Gasteiger partial charge in [-0.3, -0.25) is 4.79 Å². The molecular weight excluding hydrogens is 278 g/mol. The number of aliphatic hydroxyl groups is 1. The molecule has 1 atom stereocenters. The summed E-state index contributed by atoms with van der Waals surface area (Å²) >= 11 is 0. The number of amides is 1. The van der Waals surface area contributed by atoms with Gasteiger partial charge in [0.25, 0.3) is 5.91 Å². The van der Waals surface area contributed by atoms with E-state index < -0.39 is 5.60 Å². The Bertz CT molecular complexity index is 542. The van der Waals surface area contributed by atoms with Crippen molar-refractivity contribution in [3.8, 4) is 0 Å². The minimum Gasteiger partial charge on any atom is -0.390 e. The summed E-state index contributed by atoms with van der Waals surface area (Å²) in [6.07, 6.45) is 2.98. The predicted octanol–water partition coefficient (Wildman–Crippen LogP) is 2.53. The first-order chi connectivity index (χ1) is 10.4. The van der Waals surface area contributed by atoms with Crippen molar-refractivity contribution >= 4 is 5.91 Å². The van der Waals surface area contributed by atoms with Crippen molar-refractivity contribution in [2.75, 3.05) is 19.7 Å². The van der Waals surface area contributed by atoms with Crippen LogP contribution in [-0.2, 0) is 4.74 Å². The zero-order valence-electron chi connectivity index (χ0n) is 13.5. The minimum atomic E-state index is -0.638. The molecule has 0 aromatic heterocycles. The average molecular weight is 303 g/mol. The van der Waals surface area contributed by atoms with E-state index in [1.165, 1.54) is 0 Å². The van der Waals surface area contributed by atoms with Gasteiger partial charge in [0.05, 0.1) is 17.8 Å². The van der Waals surface area contributed by atoms with Crippen LogP contribution in [0.5, 0.6) is 0 Å². The molecule has 2 heterocycles. The number of carbonyl (C=O) groups excluding carboxylic acids is 1. The zero-order chi connectivity index (χ0) is 15.8. The number of hydrogen-bond donors (Lipinski definition) is 1. The molecule has 1 N–H and O–H groups in total. The molecule has 3 rings (SSSR count). The van der Waals surface area contributed by atoms with Crippen LogP contribution in [0.4, 0.5) is 0 Å². The number of likely N-dealkylation sites (tertiary alicyclic amines) is 1. The molecule has 0 bridgehead atoms. The van der Waals surface area contributed by atoms with Crippen molar-refractivity contribution < 1.29 is 14.6 Å². The highest BCUT2D eigenvalue weighted by atomic mass is 16.5. The molecule has 0 saturated carbocycles. The number of carbonyl (C=O) groups is 1. The van der Waals surface area contributed by atoms with E-state index in [0.717, 1.165) is 24.0 Å². The maximum absolute atomic E-state index is 12.5. The van der Waals surface area contributed by atoms with Crippen molar-refractivity contribution in [2.24, 2.45) is 0 Å². The SMILES string of the molecule is Cc1ccc(C(=O)N2CCC3(CC2)CC(C)(O)CCO3)cc1. The van der Waals surface area contributed by atoms with Gasteiger partial charge in [-0.05, 0) is 45.2 Å². The quantitative estimate of drug-likeness (QED) is 0.867. The van der Waals surface area contributed by atoms with E-state index in [4.69, 9.17) is 4.74 Å². The largest absolute Gasteiger partial charge is 0.390 e. The summed E-state index contributed by atoms with van der Waals surface area (Å²) in [5.41, 5.74) is 1.03. The molecule has 1 aromatic rings. The van der Waals surface area contributed by atoms with Crippen molar-refractivity contribution in [3.63, 3.8) is 0 Å². The van der Waals surface area contributed by atoms with Gasteiger partial charge >= 0.3 is 0 Å². The van der Waals surface area contributed by atoms with E-state index in [2.05, 4.69) is 0 Å². The molecule has 0 radical (unpaired) electrons. The first kappa shape index (κ1) is 15.5. The van der Waals surface area contributed by atoms with Gasteiger partial charge in [0.1, 0.15) is 0 Å². The Morgan fingerprint density at radius 1 is 1.18 bits per heavy atom. The summed E-state index contributed by atoms with van der Waals surface area (Å²) in [6.45, 7) is 5.91. The fourth-order valence-electron chi connectivity index (χ4n) is 3.64. The minimum absolute atomic E-state index is 0.0948. The molecule has 2 aliphatic rings. The average Bonchev–Trinajstić information content (AvgIpc) is 2.47. The van der Waals surface area contributed by atoms with E-state index >= 15 is 0 Å². The molecular formula is C18H25NO3. The van der Waals surface area contributed by atoms with Crippen LogP contribution in [0.15, 0.2) is 24.3 Å². The third kappa shape index (κ3) is 3.18. The van der Waals surface area contributed by atoms with Crippen molar-refractivity contribution in [3.05, 3.63) is 35.4 Å². The highest BCUT2D eigenvalue weighted by Crippen LogP contribution is 2.39. The van der Waals surface area contributed by atoms with E-state index in [1.54, 1.807) is 0 Å². The standard InChI is InChI=1S/C18H25NO3/c1-14-3-5-15(6-4-14)16(20)19-10-7-18(8-11-19)13-17(2,21)9-12-22-18/h3-6,21H,7-13H2,1-2H3. The highest BCUT2D eigenvalue weighted by molar-refractivity contribution is 5.94. The zero-order valence-corrected chi connectivity index (χ0v) is 13.5.